The third-order valence-electron chi connectivity index (χ3n) is 5.46. The first-order valence-electron chi connectivity index (χ1n) is 9.60. The summed E-state index contributed by atoms with van der Waals surface area (Å²) in [5, 5.41) is 5.42. The largest absolute Gasteiger partial charge is 0.369 e. The van der Waals surface area contributed by atoms with Gasteiger partial charge in [0.25, 0.3) is 0 Å². The smallest absolute Gasteiger partial charge is 0.223 e. The molecule has 2 aliphatic rings. The zero-order valence-corrected chi connectivity index (χ0v) is 16.1. The third kappa shape index (κ3) is 3.94. The minimum atomic E-state index is 0.130. The standard InChI is InChI=1S/C21H27N3OS/c1-16(22-21(25)17-9-10-17)20(19-8-5-15-26-19)24-13-11-23(12-14-24)18-6-3-2-4-7-18/h2-8,15-17,20H,9-14H2,1H3,(H,22,25)/t16-,20+/m1/s1. The van der Waals surface area contributed by atoms with Gasteiger partial charge in [-0.1, -0.05) is 24.3 Å². The molecule has 1 saturated heterocycles. The SMILES string of the molecule is C[C@@H](NC(=O)C1CC1)[C@@H](c1cccs1)N1CCN(c2ccccc2)CC1. The van der Waals surface area contributed by atoms with Gasteiger partial charge in [-0.25, -0.2) is 0 Å². The van der Waals surface area contributed by atoms with Crippen molar-refractivity contribution < 1.29 is 4.79 Å². The summed E-state index contributed by atoms with van der Waals surface area (Å²) in [5.74, 6) is 0.498. The average Bonchev–Trinajstić information content (AvgIpc) is 3.40. The molecule has 1 N–H and O–H groups in total. The van der Waals surface area contributed by atoms with Crippen LogP contribution in [-0.4, -0.2) is 43.0 Å². The molecule has 26 heavy (non-hydrogen) atoms. The van der Waals surface area contributed by atoms with Crippen LogP contribution in [0.25, 0.3) is 0 Å². The summed E-state index contributed by atoms with van der Waals surface area (Å²) < 4.78 is 0. The monoisotopic (exact) mass is 369 g/mol. The summed E-state index contributed by atoms with van der Waals surface area (Å²) in [7, 11) is 0. The van der Waals surface area contributed by atoms with Crippen LogP contribution in [0, 0.1) is 5.92 Å². The lowest BCUT2D eigenvalue weighted by atomic mass is 10.0. The van der Waals surface area contributed by atoms with E-state index in [1.165, 1.54) is 10.6 Å². The van der Waals surface area contributed by atoms with Crippen molar-refractivity contribution in [2.24, 2.45) is 5.92 Å². The van der Waals surface area contributed by atoms with Gasteiger partial charge in [0.2, 0.25) is 5.91 Å². The van der Waals surface area contributed by atoms with Crippen molar-refractivity contribution in [3.05, 3.63) is 52.7 Å². The molecule has 2 aromatic rings. The minimum Gasteiger partial charge on any atom is -0.369 e. The van der Waals surface area contributed by atoms with E-state index in [1.54, 1.807) is 11.3 Å². The summed E-state index contributed by atoms with van der Waals surface area (Å²) in [4.78, 5) is 18.6. The second-order valence-corrected chi connectivity index (χ2v) is 8.37. The molecule has 0 unspecified atom stereocenters. The first-order valence-corrected chi connectivity index (χ1v) is 10.5. The molecule has 2 fully saturated rings. The maximum absolute atomic E-state index is 12.3. The first-order chi connectivity index (χ1) is 12.7. The van der Waals surface area contributed by atoms with Crippen molar-refractivity contribution in [1.29, 1.82) is 0 Å². The highest BCUT2D eigenvalue weighted by molar-refractivity contribution is 7.10. The molecule has 2 atom stereocenters. The number of nitrogens with one attached hydrogen (secondary N) is 1. The number of para-hydroxylation sites is 1. The molecule has 0 spiro atoms. The summed E-state index contributed by atoms with van der Waals surface area (Å²) in [6.07, 6.45) is 2.11. The number of hydrogen-bond donors (Lipinski definition) is 1. The lowest BCUT2D eigenvalue weighted by Crippen LogP contribution is -2.52. The Kier molecular flexibility index (Phi) is 5.27. The van der Waals surface area contributed by atoms with Gasteiger partial charge in [0.15, 0.2) is 0 Å². The number of hydrogen-bond acceptors (Lipinski definition) is 4. The summed E-state index contributed by atoms with van der Waals surface area (Å²) in [5.41, 5.74) is 1.30. The van der Waals surface area contributed by atoms with Crippen molar-refractivity contribution in [2.45, 2.75) is 31.8 Å². The normalized spacial score (nSPS) is 20.6. The second kappa shape index (κ2) is 7.80. The highest BCUT2D eigenvalue weighted by atomic mass is 32.1. The van der Waals surface area contributed by atoms with Crippen LogP contribution in [0.1, 0.15) is 30.7 Å². The van der Waals surface area contributed by atoms with Crippen LogP contribution in [0.5, 0.6) is 0 Å². The van der Waals surface area contributed by atoms with Crippen molar-refractivity contribution in [1.82, 2.24) is 10.2 Å². The van der Waals surface area contributed by atoms with Crippen LogP contribution in [0.15, 0.2) is 47.8 Å². The van der Waals surface area contributed by atoms with Gasteiger partial charge in [-0.05, 0) is 43.3 Å². The van der Waals surface area contributed by atoms with Gasteiger partial charge in [0.05, 0.1) is 6.04 Å². The van der Waals surface area contributed by atoms with E-state index >= 15 is 0 Å². The zero-order valence-electron chi connectivity index (χ0n) is 15.3. The molecule has 4 nitrogen and oxygen atoms in total. The Morgan fingerprint density at radius 3 is 2.42 bits per heavy atom. The fourth-order valence-corrected chi connectivity index (χ4v) is 4.83. The van der Waals surface area contributed by atoms with E-state index in [1.807, 2.05) is 0 Å². The van der Waals surface area contributed by atoms with Gasteiger partial charge in [-0.3, -0.25) is 9.69 Å². The predicted octanol–water partition coefficient (Wildman–Crippen LogP) is 3.53. The van der Waals surface area contributed by atoms with Gasteiger partial charge < -0.3 is 10.2 Å². The van der Waals surface area contributed by atoms with E-state index in [4.69, 9.17) is 0 Å². The van der Waals surface area contributed by atoms with Gasteiger partial charge in [0.1, 0.15) is 0 Å². The van der Waals surface area contributed by atoms with Crippen LogP contribution in [0.3, 0.4) is 0 Å². The maximum Gasteiger partial charge on any atom is 0.223 e. The lowest BCUT2D eigenvalue weighted by Gasteiger charge is -2.42. The number of piperazine rings is 1. The molecule has 0 bridgehead atoms. The predicted molar refractivity (Wildman–Crippen MR) is 108 cm³/mol. The van der Waals surface area contributed by atoms with Gasteiger partial charge in [0, 0.05) is 48.7 Å². The van der Waals surface area contributed by atoms with Gasteiger partial charge in [-0.2, -0.15) is 0 Å². The van der Waals surface area contributed by atoms with E-state index in [2.05, 4.69) is 69.9 Å². The lowest BCUT2D eigenvalue weighted by molar-refractivity contribution is -0.123. The minimum absolute atomic E-state index is 0.130. The molecule has 5 heteroatoms. The fraction of sp³-hybridized carbons (Fsp3) is 0.476. The van der Waals surface area contributed by atoms with Crippen LogP contribution in [0.4, 0.5) is 5.69 Å². The Bertz CT molecular complexity index is 706. The maximum atomic E-state index is 12.3. The quantitative estimate of drug-likeness (QED) is 0.846. The number of carbonyl (C=O) groups is 1. The Hall–Kier alpha value is -1.85. The average molecular weight is 370 g/mol. The molecule has 1 saturated carbocycles. The number of nitrogens with zero attached hydrogens (tertiary/aromatic N) is 2. The number of benzene rings is 1. The molecule has 4 rings (SSSR count). The highest BCUT2D eigenvalue weighted by Gasteiger charge is 2.35. The molecule has 2 heterocycles. The van der Waals surface area contributed by atoms with Crippen molar-refractivity contribution in [3.8, 4) is 0 Å². The molecule has 1 aliphatic heterocycles. The Balaban J connectivity index is 1.44. The number of amides is 1. The highest BCUT2D eigenvalue weighted by Crippen LogP contribution is 2.32. The van der Waals surface area contributed by atoms with Crippen molar-refractivity contribution in [2.75, 3.05) is 31.1 Å². The molecule has 1 aromatic carbocycles. The Morgan fingerprint density at radius 2 is 1.81 bits per heavy atom. The van der Waals surface area contributed by atoms with E-state index in [-0.39, 0.29) is 23.9 Å². The summed E-state index contributed by atoms with van der Waals surface area (Å²) in [6.45, 7) is 6.24. The van der Waals surface area contributed by atoms with Gasteiger partial charge >= 0.3 is 0 Å². The van der Waals surface area contributed by atoms with Crippen LogP contribution in [-0.2, 0) is 4.79 Å². The van der Waals surface area contributed by atoms with E-state index in [0.717, 1.165) is 39.0 Å². The molecule has 0 radical (unpaired) electrons. The van der Waals surface area contributed by atoms with E-state index in [0.29, 0.717) is 0 Å². The number of rotatable bonds is 6. The number of carbonyl (C=O) groups excluding carboxylic acids is 1. The third-order valence-corrected chi connectivity index (χ3v) is 6.40. The zero-order chi connectivity index (χ0) is 17.9. The van der Waals surface area contributed by atoms with E-state index in [9.17, 15) is 4.79 Å². The van der Waals surface area contributed by atoms with Crippen molar-refractivity contribution >= 4 is 22.9 Å². The Morgan fingerprint density at radius 1 is 1.08 bits per heavy atom. The number of anilines is 1. The molecule has 138 valence electrons. The second-order valence-electron chi connectivity index (χ2n) is 7.39. The fourth-order valence-electron chi connectivity index (χ4n) is 3.87. The number of thiophene rings is 1. The van der Waals surface area contributed by atoms with Crippen molar-refractivity contribution in [3.63, 3.8) is 0 Å². The summed E-state index contributed by atoms with van der Waals surface area (Å²) >= 11 is 1.79. The molecule has 1 amide bonds. The van der Waals surface area contributed by atoms with Gasteiger partial charge in [-0.15, -0.1) is 11.3 Å². The molecule has 1 aromatic heterocycles. The van der Waals surface area contributed by atoms with Crippen LogP contribution >= 0.6 is 11.3 Å². The molecule has 1 aliphatic carbocycles. The van der Waals surface area contributed by atoms with Crippen LogP contribution < -0.4 is 10.2 Å². The first kappa shape index (κ1) is 17.6. The molecular weight excluding hydrogens is 342 g/mol. The van der Waals surface area contributed by atoms with Crippen LogP contribution in [0.2, 0.25) is 0 Å². The topological polar surface area (TPSA) is 35.6 Å². The van der Waals surface area contributed by atoms with E-state index < -0.39 is 0 Å². The Labute approximate surface area is 159 Å². The summed E-state index contributed by atoms with van der Waals surface area (Å²) in [6, 6.07) is 15.4. The molecular formula is C21H27N3OS.